The summed E-state index contributed by atoms with van der Waals surface area (Å²) in [5.41, 5.74) is 1.54. The summed E-state index contributed by atoms with van der Waals surface area (Å²) in [7, 11) is 1.70. The fraction of sp³-hybridized carbons (Fsp3) is 0.211. The minimum Gasteiger partial charge on any atom is -0.492 e. The van der Waals surface area contributed by atoms with Gasteiger partial charge < -0.3 is 14.1 Å². The second kappa shape index (κ2) is 6.74. The Balaban J connectivity index is 1.63. The minimum absolute atomic E-state index is 0.189. The van der Waals surface area contributed by atoms with Gasteiger partial charge in [0.05, 0.1) is 6.54 Å². The lowest BCUT2D eigenvalue weighted by Gasteiger charge is -2.16. The molecule has 0 atom stereocenters. The summed E-state index contributed by atoms with van der Waals surface area (Å²) in [6.07, 6.45) is 0. The second-order valence-electron chi connectivity index (χ2n) is 5.58. The van der Waals surface area contributed by atoms with Crippen LogP contribution in [0.2, 0.25) is 0 Å². The summed E-state index contributed by atoms with van der Waals surface area (Å²) in [4.78, 5) is 14.1. The quantitative estimate of drug-likeness (QED) is 0.710. The lowest BCUT2D eigenvalue weighted by atomic mass is 10.1. The molecule has 0 bridgehead atoms. The molecule has 0 fully saturated rings. The number of aryl methyl sites for hydroxylation is 1. The van der Waals surface area contributed by atoms with Crippen molar-refractivity contribution >= 4 is 16.9 Å². The summed E-state index contributed by atoms with van der Waals surface area (Å²) in [6.45, 7) is 2.59. The standard InChI is InChI=1S/C19H18FNO3/c1-13-16-5-3-4-6-17(16)24-18(13)19(22)21(2)11-12-23-15-9-7-14(20)8-10-15/h3-10H,11-12H2,1-2H3. The van der Waals surface area contributed by atoms with E-state index < -0.39 is 0 Å². The van der Waals surface area contributed by atoms with Gasteiger partial charge in [-0.2, -0.15) is 0 Å². The van der Waals surface area contributed by atoms with Crippen molar-refractivity contribution in [1.29, 1.82) is 0 Å². The van der Waals surface area contributed by atoms with Gasteiger partial charge in [-0.05, 0) is 37.3 Å². The Morgan fingerprint density at radius 3 is 2.58 bits per heavy atom. The van der Waals surface area contributed by atoms with Crippen molar-refractivity contribution in [2.75, 3.05) is 20.2 Å². The first-order valence-corrected chi connectivity index (χ1v) is 7.68. The van der Waals surface area contributed by atoms with E-state index in [0.29, 0.717) is 30.2 Å². The van der Waals surface area contributed by atoms with Crippen molar-refractivity contribution in [2.24, 2.45) is 0 Å². The number of rotatable bonds is 5. The van der Waals surface area contributed by atoms with Crippen LogP contribution >= 0.6 is 0 Å². The van der Waals surface area contributed by atoms with Gasteiger partial charge >= 0.3 is 0 Å². The number of likely N-dealkylation sites (N-methyl/N-ethyl adjacent to an activating group) is 1. The van der Waals surface area contributed by atoms with E-state index in [1.165, 1.54) is 12.1 Å². The lowest BCUT2D eigenvalue weighted by molar-refractivity contribution is 0.0744. The van der Waals surface area contributed by atoms with Gasteiger partial charge in [0.1, 0.15) is 23.8 Å². The normalized spacial score (nSPS) is 10.8. The number of carbonyl (C=O) groups is 1. The topological polar surface area (TPSA) is 42.7 Å². The van der Waals surface area contributed by atoms with Crippen molar-refractivity contribution in [3.8, 4) is 5.75 Å². The maximum Gasteiger partial charge on any atom is 0.289 e. The van der Waals surface area contributed by atoms with Crippen LogP contribution in [0.1, 0.15) is 16.1 Å². The highest BCUT2D eigenvalue weighted by atomic mass is 19.1. The third-order valence-electron chi connectivity index (χ3n) is 3.89. The minimum atomic E-state index is -0.310. The van der Waals surface area contributed by atoms with Gasteiger partial charge in [-0.25, -0.2) is 4.39 Å². The Labute approximate surface area is 139 Å². The average Bonchev–Trinajstić information content (AvgIpc) is 2.93. The number of furan rings is 1. The monoisotopic (exact) mass is 327 g/mol. The Morgan fingerprint density at radius 1 is 1.17 bits per heavy atom. The van der Waals surface area contributed by atoms with Crippen LogP contribution in [0.3, 0.4) is 0 Å². The maximum absolute atomic E-state index is 12.8. The van der Waals surface area contributed by atoms with Gasteiger partial charge in [0.2, 0.25) is 0 Å². The van der Waals surface area contributed by atoms with E-state index in [1.54, 1.807) is 24.1 Å². The van der Waals surface area contributed by atoms with E-state index in [4.69, 9.17) is 9.15 Å². The molecule has 0 unspecified atom stereocenters. The molecule has 1 amide bonds. The Kier molecular flexibility index (Phi) is 4.51. The number of hydrogen-bond acceptors (Lipinski definition) is 3. The number of fused-ring (bicyclic) bond motifs is 1. The molecule has 3 aromatic rings. The molecular weight excluding hydrogens is 309 g/mol. The molecule has 0 aliphatic carbocycles. The van der Waals surface area contributed by atoms with E-state index in [1.807, 2.05) is 31.2 Å². The van der Waals surface area contributed by atoms with Gasteiger partial charge in [0.15, 0.2) is 5.76 Å². The molecule has 3 rings (SSSR count). The third kappa shape index (κ3) is 3.25. The van der Waals surface area contributed by atoms with Gasteiger partial charge in [0, 0.05) is 18.0 Å². The first-order chi connectivity index (χ1) is 11.6. The maximum atomic E-state index is 12.8. The van der Waals surface area contributed by atoms with Crippen LogP contribution in [-0.2, 0) is 0 Å². The molecule has 1 heterocycles. The number of ether oxygens (including phenoxy) is 1. The summed E-state index contributed by atoms with van der Waals surface area (Å²) in [5, 5.41) is 0.941. The number of nitrogens with zero attached hydrogens (tertiary/aromatic N) is 1. The molecule has 2 aromatic carbocycles. The zero-order valence-electron chi connectivity index (χ0n) is 13.6. The van der Waals surface area contributed by atoms with Gasteiger partial charge in [-0.3, -0.25) is 4.79 Å². The molecule has 1 aromatic heterocycles. The van der Waals surface area contributed by atoms with Crippen LogP contribution in [-0.4, -0.2) is 31.0 Å². The zero-order chi connectivity index (χ0) is 17.1. The number of para-hydroxylation sites is 1. The van der Waals surface area contributed by atoms with Crippen molar-refractivity contribution < 1.29 is 18.3 Å². The first-order valence-electron chi connectivity index (χ1n) is 7.68. The molecule has 0 aliphatic heterocycles. The summed E-state index contributed by atoms with van der Waals surface area (Å²) >= 11 is 0. The Hall–Kier alpha value is -2.82. The third-order valence-corrected chi connectivity index (χ3v) is 3.89. The van der Waals surface area contributed by atoms with Gasteiger partial charge in [-0.1, -0.05) is 18.2 Å². The van der Waals surface area contributed by atoms with E-state index in [0.717, 1.165) is 10.9 Å². The van der Waals surface area contributed by atoms with E-state index in [-0.39, 0.29) is 11.7 Å². The highest BCUT2D eigenvalue weighted by Crippen LogP contribution is 2.25. The van der Waals surface area contributed by atoms with Crippen molar-refractivity contribution in [3.63, 3.8) is 0 Å². The zero-order valence-corrected chi connectivity index (χ0v) is 13.6. The number of hydrogen-bond donors (Lipinski definition) is 0. The van der Waals surface area contributed by atoms with Crippen molar-refractivity contribution in [1.82, 2.24) is 4.90 Å². The van der Waals surface area contributed by atoms with E-state index in [9.17, 15) is 9.18 Å². The summed E-state index contributed by atoms with van der Waals surface area (Å²) in [6, 6.07) is 13.4. The molecule has 0 spiro atoms. The fourth-order valence-electron chi connectivity index (χ4n) is 2.48. The molecule has 4 nitrogen and oxygen atoms in total. The summed E-state index contributed by atoms with van der Waals surface area (Å²) in [5.74, 6) is 0.416. The molecule has 24 heavy (non-hydrogen) atoms. The second-order valence-corrected chi connectivity index (χ2v) is 5.58. The van der Waals surface area contributed by atoms with Crippen LogP contribution in [0.15, 0.2) is 52.9 Å². The van der Waals surface area contributed by atoms with E-state index >= 15 is 0 Å². The molecule has 0 aliphatic rings. The predicted octanol–water partition coefficient (Wildman–Crippen LogP) is 4.03. The van der Waals surface area contributed by atoms with Crippen molar-refractivity contribution in [2.45, 2.75) is 6.92 Å². The molecule has 0 saturated carbocycles. The molecule has 124 valence electrons. The van der Waals surface area contributed by atoms with Crippen LogP contribution in [0.4, 0.5) is 4.39 Å². The average molecular weight is 327 g/mol. The molecule has 0 radical (unpaired) electrons. The number of halogens is 1. The fourth-order valence-corrected chi connectivity index (χ4v) is 2.48. The van der Waals surface area contributed by atoms with Crippen LogP contribution < -0.4 is 4.74 Å². The van der Waals surface area contributed by atoms with Crippen LogP contribution in [0, 0.1) is 12.7 Å². The van der Waals surface area contributed by atoms with Crippen LogP contribution in [0.5, 0.6) is 5.75 Å². The van der Waals surface area contributed by atoms with Crippen molar-refractivity contribution in [3.05, 3.63) is 65.7 Å². The highest BCUT2D eigenvalue weighted by Gasteiger charge is 2.20. The van der Waals surface area contributed by atoms with Gasteiger partial charge in [0.25, 0.3) is 5.91 Å². The Bertz CT molecular complexity index is 855. The summed E-state index contributed by atoms with van der Waals surface area (Å²) < 4.78 is 24.0. The number of amides is 1. The molecule has 0 saturated heterocycles. The van der Waals surface area contributed by atoms with Gasteiger partial charge in [-0.15, -0.1) is 0 Å². The smallest absolute Gasteiger partial charge is 0.289 e. The van der Waals surface area contributed by atoms with E-state index in [2.05, 4.69) is 0 Å². The Morgan fingerprint density at radius 2 is 1.88 bits per heavy atom. The lowest BCUT2D eigenvalue weighted by Crippen LogP contribution is -2.31. The molecule has 5 heteroatoms. The number of carbonyl (C=O) groups excluding carboxylic acids is 1. The predicted molar refractivity (Wildman–Crippen MR) is 89.8 cm³/mol. The molecular formula is C19H18FNO3. The molecule has 0 N–H and O–H groups in total. The first kappa shape index (κ1) is 16.1. The highest BCUT2D eigenvalue weighted by molar-refractivity contribution is 5.98. The largest absolute Gasteiger partial charge is 0.492 e. The SMILES string of the molecule is Cc1c(C(=O)N(C)CCOc2ccc(F)cc2)oc2ccccc12. The number of benzene rings is 2. The van der Waals surface area contributed by atoms with Crippen LogP contribution in [0.25, 0.3) is 11.0 Å².